The summed E-state index contributed by atoms with van der Waals surface area (Å²) in [6.45, 7) is 0. The zero-order valence-electron chi connectivity index (χ0n) is 8.28. The van der Waals surface area contributed by atoms with E-state index in [1.807, 2.05) is 0 Å². The molecule has 0 spiro atoms. The van der Waals surface area contributed by atoms with Crippen molar-refractivity contribution in [2.75, 3.05) is 5.73 Å². The third-order valence-corrected chi connectivity index (χ3v) is 2.17. The highest BCUT2D eigenvalue weighted by molar-refractivity contribution is 5.90. The van der Waals surface area contributed by atoms with E-state index in [2.05, 4.69) is 9.68 Å². The second-order valence-electron chi connectivity index (χ2n) is 3.23. The largest absolute Gasteiger partial charge is 0.478 e. The average molecular weight is 240 g/mol. The van der Waals surface area contributed by atoms with Crippen LogP contribution in [0.5, 0.6) is 0 Å². The smallest absolute Gasteiger partial charge is 0.338 e. The molecule has 0 amide bonds. The van der Waals surface area contributed by atoms with Gasteiger partial charge in [0, 0.05) is 0 Å². The van der Waals surface area contributed by atoms with Crippen LogP contribution in [0.15, 0.2) is 22.9 Å². The maximum absolute atomic E-state index is 13.2. The Bertz CT molecular complexity index is 595. The minimum atomic E-state index is -1.57. The Morgan fingerprint density at radius 3 is 2.65 bits per heavy atom. The molecule has 0 aliphatic carbocycles. The van der Waals surface area contributed by atoms with Gasteiger partial charge in [0.25, 0.3) is 0 Å². The Hall–Kier alpha value is -2.44. The van der Waals surface area contributed by atoms with Gasteiger partial charge in [-0.15, -0.1) is 0 Å². The number of aromatic carboxylic acids is 1. The van der Waals surface area contributed by atoms with Crippen molar-refractivity contribution in [3.63, 3.8) is 0 Å². The van der Waals surface area contributed by atoms with Crippen LogP contribution in [-0.4, -0.2) is 16.2 Å². The molecule has 5 nitrogen and oxygen atoms in total. The Labute approximate surface area is 93.4 Å². The van der Waals surface area contributed by atoms with Gasteiger partial charge in [-0.1, -0.05) is 5.16 Å². The molecule has 3 N–H and O–H groups in total. The summed E-state index contributed by atoms with van der Waals surface area (Å²) in [5.74, 6) is -4.37. The van der Waals surface area contributed by atoms with Gasteiger partial charge in [-0.3, -0.25) is 0 Å². The molecule has 0 aliphatic rings. The highest BCUT2D eigenvalue weighted by atomic mass is 19.2. The van der Waals surface area contributed by atoms with Crippen LogP contribution in [-0.2, 0) is 0 Å². The summed E-state index contributed by atoms with van der Waals surface area (Å²) in [4.78, 5) is 10.7. The number of aromatic nitrogens is 1. The first-order valence-corrected chi connectivity index (χ1v) is 4.43. The van der Waals surface area contributed by atoms with Crippen LogP contribution in [0.3, 0.4) is 0 Å². The van der Waals surface area contributed by atoms with Crippen molar-refractivity contribution in [2.45, 2.75) is 0 Å². The molecule has 0 saturated heterocycles. The van der Waals surface area contributed by atoms with Gasteiger partial charge >= 0.3 is 5.97 Å². The predicted octanol–water partition coefficient (Wildman–Crippen LogP) is 1.90. The maximum Gasteiger partial charge on any atom is 0.338 e. The zero-order chi connectivity index (χ0) is 12.6. The topological polar surface area (TPSA) is 89.4 Å². The van der Waals surface area contributed by atoms with Crippen molar-refractivity contribution < 1.29 is 23.2 Å². The number of anilines is 1. The number of carboxylic acids is 1. The molecule has 0 radical (unpaired) electrons. The third kappa shape index (κ3) is 1.82. The highest BCUT2D eigenvalue weighted by Crippen LogP contribution is 2.28. The van der Waals surface area contributed by atoms with Gasteiger partial charge in [0.2, 0.25) is 5.88 Å². The third-order valence-electron chi connectivity index (χ3n) is 2.17. The quantitative estimate of drug-likeness (QED) is 0.836. The fourth-order valence-electron chi connectivity index (χ4n) is 1.37. The SMILES string of the molecule is Nc1oncc1-c1cc(F)c(F)c(C(=O)O)c1. The number of nitrogen functional groups attached to an aromatic ring is 1. The van der Waals surface area contributed by atoms with Crippen LogP contribution in [0.25, 0.3) is 11.1 Å². The summed E-state index contributed by atoms with van der Waals surface area (Å²) < 4.78 is 30.9. The second-order valence-corrected chi connectivity index (χ2v) is 3.23. The van der Waals surface area contributed by atoms with E-state index in [9.17, 15) is 13.6 Å². The minimum absolute atomic E-state index is 0.0834. The van der Waals surface area contributed by atoms with Crippen LogP contribution >= 0.6 is 0 Å². The van der Waals surface area contributed by atoms with E-state index in [1.165, 1.54) is 6.20 Å². The fourth-order valence-corrected chi connectivity index (χ4v) is 1.37. The molecule has 0 unspecified atom stereocenters. The highest BCUT2D eigenvalue weighted by Gasteiger charge is 2.18. The molecule has 17 heavy (non-hydrogen) atoms. The van der Waals surface area contributed by atoms with Crippen molar-refractivity contribution in [1.29, 1.82) is 0 Å². The monoisotopic (exact) mass is 240 g/mol. The van der Waals surface area contributed by atoms with Crippen LogP contribution < -0.4 is 5.73 Å². The van der Waals surface area contributed by atoms with Crippen molar-refractivity contribution in [2.24, 2.45) is 0 Å². The van der Waals surface area contributed by atoms with Crippen LogP contribution in [0.4, 0.5) is 14.7 Å². The van der Waals surface area contributed by atoms with Crippen molar-refractivity contribution >= 4 is 11.9 Å². The summed E-state index contributed by atoms with van der Waals surface area (Å²) in [5, 5.41) is 12.1. The molecule has 88 valence electrons. The van der Waals surface area contributed by atoms with Crippen LogP contribution in [0, 0.1) is 11.6 Å². The van der Waals surface area contributed by atoms with E-state index >= 15 is 0 Å². The number of nitrogens with zero attached hydrogens (tertiary/aromatic N) is 1. The van der Waals surface area contributed by atoms with Gasteiger partial charge in [0.1, 0.15) is 0 Å². The van der Waals surface area contributed by atoms with E-state index in [-0.39, 0.29) is 17.0 Å². The normalized spacial score (nSPS) is 10.5. The molecule has 0 atom stereocenters. The number of hydrogen-bond acceptors (Lipinski definition) is 4. The van der Waals surface area contributed by atoms with Gasteiger partial charge < -0.3 is 15.4 Å². The number of hydrogen-bond donors (Lipinski definition) is 2. The standard InChI is InChI=1S/C10H6F2N2O3/c11-7-2-4(6-3-14-17-9(6)13)1-5(8(7)12)10(15)16/h1-3H,13H2,(H,15,16). The van der Waals surface area contributed by atoms with E-state index in [0.29, 0.717) is 0 Å². The minimum Gasteiger partial charge on any atom is -0.478 e. The van der Waals surface area contributed by atoms with E-state index in [1.54, 1.807) is 0 Å². The molecular formula is C10H6F2N2O3. The first-order chi connectivity index (χ1) is 8.00. The lowest BCUT2D eigenvalue weighted by Crippen LogP contribution is -2.03. The maximum atomic E-state index is 13.2. The lowest BCUT2D eigenvalue weighted by Gasteiger charge is -2.03. The Morgan fingerprint density at radius 2 is 2.12 bits per heavy atom. The molecule has 2 rings (SSSR count). The molecule has 1 aromatic carbocycles. The van der Waals surface area contributed by atoms with Crippen LogP contribution in [0.2, 0.25) is 0 Å². The number of benzene rings is 1. The summed E-state index contributed by atoms with van der Waals surface area (Å²) in [6, 6.07) is 1.79. The molecule has 2 aromatic rings. The Balaban J connectivity index is 2.65. The first-order valence-electron chi connectivity index (χ1n) is 4.43. The summed E-state index contributed by atoms with van der Waals surface area (Å²) in [5.41, 5.74) is 4.90. The van der Waals surface area contributed by atoms with Gasteiger partial charge in [0.05, 0.1) is 17.3 Å². The van der Waals surface area contributed by atoms with Gasteiger partial charge in [0.15, 0.2) is 11.6 Å². The molecule has 0 saturated carbocycles. The fraction of sp³-hybridized carbons (Fsp3) is 0. The number of rotatable bonds is 2. The van der Waals surface area contributed by atoms with Crippen molar-refractivity contribution in [1.82, 2.24) is 5.16 Å². The van der Waals surface area contributed by atoms with Gasteiger partial charge in [-0.25, -0.2) is 13.6 Å². The molecule has 0 aliphatic heterocycles. The Morgan fingerprint density at radius 1 is 1.41 bits per heavy atom. The predicted molar refractivity (Wildman–Crippen MR) is 53.2 cm³/mol. The van der Waals surface area contributed by atoms with E-state index < -0.39 is 23.2 Å². The molecule has 0 fully saturated rings. The van der Waals surface area contributed by atoms with Crippen LogP contribution in [0.1, 0.15) is 10.4 Å². The second kappa shape index (κ2) is 3.85. The average Bonchev–Trinajstić information content (AvgIpc) is 2.68. The summed E-state index contributed by atoms with van der Waals surface area (Å²) in [7, 11) is 0. The molecule has 0 bridgehead atoms. The summed E-state index contributed by atoms with van der Waals surface area (Å²) >= 11 is 0. The van der Waals surface area contributed by atoms with Crippen molar-refractivity contribution in [3.05, 3.63) is 35.5 Å². The van der Waals surface area contributed by atoms with Crippen molar-refractivity contribution in [3.8, 4) is 11.1 Å². The Kier molecular flexibility index (Phi) is 2.51. The number of carbonyl (C=O) groups is 1. The summed E-state index contributed by atoms with van der Waals surface area (Å²) in [6.07, 6.45) is 1.19. The van der Waals surface area contributed by atoms with E-state index in [0.717, 1.165) is 12.1 Å². The van der Waals surface area contributed by atoms with Gasteiger partial charge in [-0.2, -0.15) is 0 Å². The van der Waals surface area contributed by atoms with Gasteiger partial charge in [-0.05, 0) is 17.7 Å². The number of carboxylic acid groups (broad SMARTS) is 1. The molecule has 1 aromatic heterocycles. The molecule has 7 heteroatoms. The lowest BCUT2D eigenvalue weighted by atomic mass is 10.0. The number of halogens is 2. The first kappa shape index (κ1) is 11.1. The zero-order valence-corrected chi connectivity index (χ0v) is 8.28. The van der Waals surface area contributed by atoms with E-state index in [4.69, 9.17) is 10.8 Å². The number of nitrogens with two attached hydrogens (primary N) is 1. The lowest BCUT2D eigenvalue weighted by molar-refractivity contribution is 0.0690. The molecular weight excluding hydrogens is 234 g/mol. The molecule has 1 heterocycles.